The van der Waals surface area contributed by atoms with Crippen LogP contribution in [0.3, 0.4) is 0 Å². The number of furan rings is 1. The van der Waals surface area contributed by atoms with Gasteiger partial charge in [-0.3, -0.25) is 4.79 Å². The number of allylic oxidation sites excluding steroid dienone is 2. The highest BCUT2D eigenvalue weighted by atomic mass is 16.3. The fourth-order valence-electron chi connectivity index (χ4n) is 3.28. The quantitative estimate of drug-likeness (QED) is 0.785. The summed E-state index contributed by atoms with van der Waals surface area (Å²) >= 11 is 0. The smallest absolute Gasteiger partial charge is 0.289 e. The summed E-state index contributed by atoms with van der Waals surface area (Å²) in [7, 11) is 0. The van der Waals surface area contributed by atoms with Crippen LogP contribution in [0.25, 0.3) is 0 Å². The molecule has 8 heteroatoms. The predicted octanol–water partition coefficient (Wildman–Crippen LogP) is 1.19. The number of tetrazole rings is 1. The third-order valence-corrected chi connectivity index (χ3v) is 4.61. The normalized spacial score (nSPS) is 20.8. The minimum Gasteiger partial charge on any atom is -0.459 e. The lowest BCUT2D eigenvalue weighted by molar-refractivity contribution is 0.0714. The van der Waals surface area contributed by atoms with E-state index in [1.165, 1.54) is 6.26 Å². The van der Waals surface area contributed by atoms with Gasteiger partial charge in [0.2, 0.25) is 5.95 Å². The summed E-state index contributed by atoms with van der Waals surface area (Å²) in [5.74, 6) is 1.63. The van der Waals surface area contributed by atoms with E-state index in [4.69, 9.17) is 4.42 Å². The maximum absolute atomic E-state index is 12.3. The Balaban J connectivity index is 1.38. The van der Waals surface area contributed by atoms with E-state index in [9.17, 15) is 4.79 Å². The molecule has 2 aliphatic rings. The Labute approximate surface area is 139 Å². The molecule has 8 nitrogen and oxygen atoms in total. The molecule has 3 heterocycles. The van der Waals surface area contributed by atoms with Gasteiger partial charge in [-0.05, 0) is 41.3 Å². The molecule has 4 rings (SSSR count). The average molecular weight is 328 g/mol. The topological polar surface area (TPSA) is 80.3 Å². The largest absolute Gasteiger partial charge is 0.459 e. The van der Waals surface area contributed by atoms with E-state index < -0.39 is 0 Å². The van der Waals surface area contributed by atoms with Crippen LogP contribution in [-0.2, 0) is 6.54 Å². The number of carbonyl (C=O) groups is 1. The van der Waals surface area contributed by atoms with Crippen molar-refractivity contribution in [1.29, 1.82) is 0 Å². The van der Waals surface area contributed by atoms with Crippen molar-refractivity contribution in [3.63, 3.8) is 0 Å². The average Bonchev–Trinajstić information content (AvgIpc) is 3.37. The van der Waals surface area contributed by atoms with Crippen molar-refractivity contribution in [2.24, 2.45) is 5.92 Å². The fourth-order valence-corrected chi connectivity index (χ4v) is 3.28. The van der Waals surface area contributed by atoms with Crippen LogP contribution in [0.4, 0.5) is 5.95 Å². The molecule has 0 N–H and O–H groups in total. The van der Waals surface area contributed by atoms with Crippen molar-refractivity contribution in [1.82, 2.24) is 25.1 Å². The summed E-state index contributed by atoms with van der Waals surface area (Å²) in [6, 6.07) is 3.43. The van der Waals surface area contributed by atoms with Crippen LogP contribution in [0.2, 0.25) is 0 Å². The zero-order chi connectivity index (χ0) is 16.4. The molecule has 1 aliphatic carbocycles. The van der Waals surface area contributed by atoms with Gasteiger partial charge in [-0.1, -0.05) is 17.3 Å². The lowest BCUT2D eigenvalue weighted by atomic mass is 10.1. The van der Waals surface area contributed by atoms with E-state index in [1.807, 2.05) is 9.58 Å². The SMILES string of the molecule is O=C(c1ccco1)N1CCN(c2nnnn2CC2C=CCC2)CC1. The number of anilines is 1. The molecule has 1 fully saturated rings. The molecule has 0 spiro atoms. The van der Waals surface area contributed by atoms with Gasteiger partial charge in [0, 0.05) is 26.2 Å². The summed E-state index contributed by atoms with van der Waals surface area (Å²) in [6.45, 7) is 3.51. The molecule has 0 aromatic carbocycles. The first-order valence-corrected chi connectivity index (χ1v) is 8.32. The maximum atomic E-state index is 12.3. The van der Waals surface area contributed by atoms with Gasteiger partial charge >= 0.3 is 0 Å². The Hall–Kier alpha value is -2.64. The van der Waals surface area contributed by atoms with E-state index in [0.717, 1.165) is 25.3 Å². The molecule has 1 unspecified atom stereocenters. The number of aromatic nitrogens is 4. The molecular formula is C16H20N6O2. The number of nitrogens with zero attached hydrogens (tertiary/aromatic N) is 6. The third-order valence-electron chi connectivity index (χ3n) is 4.61. The zero-order valence-electron chi connectivity index (χ0n) is 13.4. The van der Waals surface area contributed by atoms with Crippen molar-refractivity contribution < 1.29 is 9.21 Å². The zero-order valence-corrected chi connectivity index (χ0v) is 13.4. The molecule has 0 radical (unpaired) electrons. The second kappa shape index (κ2) is 6.46. The van der Waals surface area contributed by atoms with Crippen LogP contribution >= 0.6 is 0 Å². The summed E-state index contributed by atoms with van der Waals surface area (Å²) in [5, 5.41) is 12.2. The van der Waals surface area contributed by atoms with Gasteiger partial charge in [-0.25, -0.2) is 4.68 Å². The molecule has 24 heavy (non-hydrogen) atoms. The van der Waals surface area contributed by atoms with E-state index in [1.54, 1.807) is 12.1 Å². The molecule has 1 atom stereocenters. The van der Waals surface area contributed by atoms with Crippen LogP contribution in [0.15, 0.2) is 35.0 Å². The summed E-state index contributed by atoms with van der Waals surface area (Å²) in [5.41, 5.74) is 0. The first kappa shape index (κ1) is 14.9. The van der Waals surface area contributed by atoms with Gasteiger partial charge in [0.25, 0.3) is 5.91 Å². The summed E-state index contributed by atoms with van der Waals surface area (Å²) in [4.78, 5) is 16.3. The van der Waals surface area contributed by atoms with Gasteiger partial charge in [0.05, 0.1) is 12.8 Å². The fraction of sp³-hybridized carbons (Fsp3) is 0.500. The van der Waals surface area contributed by atoms with Gasteiger partial charge in [-0.2, -0.15) is 0 Å². The van der Waals surface area contributed by atoms with Crippen molar-refractivity contribution in [3.8, 4) is 0 Å². The number of piperazine rings is 1. The second-order valence-corrected chi connectivity index (χ2v) is 6.18. The molecule has 1 aliphatic heterocycles. The first-order valence-electron chi connectivity index (χ1n) is 8.32. The number of carbonyl (C=O) groups excluding carboxylic acids is 1. The highest BCUT2D eigenvalue weighted by molar-refractivity contribution is 5.91. The highest BCUT2D eigenvalue weighted by Gasteiger charge is 2.26. The summed E-state index contributed by atoms with van der Waals surface area (Å²) < 4.78 is 7.07. The molecule has 0 saturated carbocycles. The Bertz CT molecular complexity index is 715. The van der Waals surface area contributed by atoms with Crippen LogP contribution in [-0.4, -0.2) is 57.2 Å². The van der Waals surface area contributed by atoms with E-state index in [0.29, 0.717) is 37.9 Å². The van der Waals surface area contributed by atoms with Crippen molar-refractivity contribution in [2.45, 2.75) is 19.4 Å². The monoisotopic (exact) mass is 328 g/mol. The van der Waals surface area contributed by atoms with Crippen molar-refractivity contribution >= 4 is 11.9 Å². The van der Waals surface area contributed by atoms with E-state index >= 15 is 0 Å². The van der Waals surface area contributed by atoms with Crippen LogP contribution < -0.4 is 4.90 Å². The standard InChI is InChI=1S/C16H20N6O2/c23-15(14-6-3-11-24-14)20-7-9-21(10-8-20)16-17-18-19-22(16)12-13-4-1-2-5-13/h1,3-4,6,11,13H,2,5,7-10,12H2. The molecular weight excluding hydrogens is 308 g/mol. The Kier molecular flexibility index (Phi) is 4.02. The van der Waals surface area contributed by atoms with Gasteiger partial charge < -0.3 is 14.2 Å². The van der Waals surface area contributed by atoms with Gasteiger partial charge in [-0.15, -0.1) is 0 Å². The molecule has 1 amide bonds. The molecule has 0 bridgehead atoms. The minimum absolute atomic E-state index is 0.0599. The Morgan fingerprint density at radius 3 is 2.88 bits per heavy atom. The van der Waals surface area contributed by atoms with Gasteiger partial charge in [0.15, 0.2) is 5.76 Å². The summed E-state index contributed by atoms with van der Waals surface area (Å²) in [6.07, 6.45) is 8.27. The molecule has 2 aromatic rings. The highest BCUT2D eigenvalue weighted by Crippen LogP contribution is 2.21. The Morgan fingerprint density at radius 2 is 2.17 bits per heavy atom. The number of hydrogen-bond acceptors (Lipinski definition) is 6. The molecule has 126 valence electrons. The van der Waals surface area contributed by atoms with Crippen LogP contribution in [0, 0.1) is 5.92 Å². The lowest BCUT2D eigenvalue weighted by Gasteiger charge is -2.34. The lowest BCUT2D eigenvalue weighted by Crippen LogP contribution is -2.49. The van der Waals surface area contributed by atoms with Crippen LogP contribution in [0.5, 0.6) is 0 Å². The first-order chi connectivity index (χ1) is 11.8. The minimum atomic E-state index is -0.0599. The number of hydrogen-bond donors (Lipinski definition) is 0. The third kappa shape index (κ3) is 2.91. The Morgan fingerprint density at radius 1 is 1.29 bits per heavy atom. The van der Waals surface area contributed by atoms with E-state index in [2.05, 4.69) is 32.6 Å². The molecule has 2 aromatic heterocycles. The van der Waals surface area contributed by atoms with Crippen molar-refractivity contribution in [3.05, 3.63) is 36.3 Å². The number of rotatable bonds is 4. The van der Waals surface area contributed by atoms with Gasteiger partial charge in [0.1, 0.15) is 0 Å². The maximum Gasteiger partial charge on any atom is 0.289 e. The predicted molar refractivity (Wildman–Crippen MR) is 86.5 cm³/mol. The van der Waals surface area contributed by atoms with Crippen molar-refractivity contribution in [2.75, 3.05) is 31.1 Å². The number of amides is 1. The van der Waals surface area contributed by atoms with E-state index in [-0.39, 0.29) is 5.91 Å². The second-order valence-electron chi connectivity index (χ2n) is 6.18. The molecule has 1 saturated heterocycles. The van der Waals surface area contributed by atoms with Crippen LogP contribution in [0.1, 0.15) is 23.4 Å².